The van der Waals surface area contributed by atoms with Gasteiger partial charge in [-0.1, -0.05) is 30.3 Å². The van der Waals surface area contributed by atoms with Gasteiger partial charge in [0, 0.05) is 25.7 Å². The van der Waals surface area contributed by atoms with E-state index in [2.05, 4.69) is 10.4 Å². The molecule has 0 aliphatic heterocycles. The second-order valence-corrected chi connectivity index (χ2v) is 4.07. The van der Waals surface area contributed by atoms with Crippen LogP contribution in [0.5, 0.6) is 0 Å². The zero-order chi connectivity index (χ0) is 12.3. The van der Waals surface area contributed by atoms with Crippen LogP contribution in [0.2, 0.25) is 0 Å². The lowest BCUT2D eigenvalue weighted by Crippen LogP contribution is -2.14. The minimum Gasteiger partial charge on any atom is -0.308 e. The maximum absolute atomic E-state index is 13.6. The molecule has 0 atom stereocenters. The summed E-state index contributed by atoms with van der Waals surface area (Å²) >= 11 is 0. The molecule has 1 aromatic heterocycles. The van der Waals surface area contributed by atoms with Crippen molar-refractivity contribution in [1.29, 1.82) is 0 Å². The van der Waals surface area contributed by atoms with Crippen molar-refractivity contribution in [2.24, 2.45) is 7.05 Å². The fourth-order valence-corrected chi connectivity index (χ4v) is 1.80. The number of aryl methyl sites for hydroxylation is 2. The summed E-state index contributed by atoms with van der Waals surface area (Å²) in [6.45, 7) is 3.05. The van der Waals surface area contributed by atoms with Crippen molar-refractivity contribution in [1.82, 2.24) is 15.1 Å². The number of halogens is 2. The summed E-state index contributed by atoms with van der Waals surface area (Å²) in [5, 5.41) is 7.26. The molecule has 98 valence electrons. The SMILES string of the molecule is Cc1nn(C)c(F)c1CNCc1ccccc1.Cl. The minimum atomic E-state index is -0.261. The van der Waals surface area contributed by atoms with Crippen LogP contribution in [-0.2, 0) is 20.1 Å². The van der Waals surface area contributed by atoms with E-state index >= 15 is 0 Å². The quantitative estimate of drug-likeness (QED) is 0.925. The Morgan fingerprint density at radius 3 is 2.44 bits per heavy atom. The zero-order valence-corrected chi connectivity index (χ0v) is 11.3. The first-order valence-electron chi connectivity index (χ1n) is 5.61. The Balaban J connectivity index is 0.00000162. The average molecular weight is 270 g/mol. The highest BCUT2D eigenvalue weighted by molar-refractivity contribution is 5.85. The molecule has 2 rings (SSSR count). The largest absolute Gasteiger partial charge is 0.308 e. The van der Waals surface area contributed by atoms with E-state index in [0.717, 1.165) is 12.2 Å². The molecule has 1 N–H and O–H groups in total. The lowest BCUT2D eigenvalue weighted by atomic mass is 10.2. The van der Waals surface area contributed by atoms with Gasteiger partial charge in [-0.05, 0) is 12.5 Å². The Morgan fingerprint density at radius 1 is 1.22 bits per heavy atom. The third-order valence-corrected chi connectivity index (χ3v) is 2.74. The highest BCUT2D eigenvalue weighted by Gasteiger charge is 2.11. The molecular weight excluding hydrogens is 253 g/mol. The fourth-order valence-electron chi connectivity index (χ4n) is 1.80. The minimum absolute atomic E-state index is 0. The Hall–Kier alpha value is -1.39. The van der Waals surface area contributed by atoms with Crippen molar-refractivity contribution in [3.63, 3.8) is 0 Å². The van der Waals surface area contributed by atoms with Gasteiger partial charge in [-0.25, -0.2) is 4.68 Å². The summed E-state index contributed by atoms with van der Waals surface area (Å²) in [5.74, 6) is -0.261. The Kier molecular flexibility index (Phi) is 5.31. The van der Waals surface area contributed by atoms with Crippen LogP contribution in [0.25, 0.3) is 0 Å². The van der Waals surface area contributed by atoms with Crippen LogP contribution < -0.4 is 5.32 Å². The van der Waals surface area contributed by atoms with Gasteiger partial charge in [-0.3, -0.25) is 0 Å². The first-order chi connectivity index (χ1) is 8.18. The van der Waals surface area contributed by atoms with Crippen molar-refractivity contribution in [2.75, 3.05) is 0 Å². The van der Waals surface area contributed by atoms with Gasteiger partial charge in [0.1, 0.15) is 0 Å². The van der Waals surface area contributed by atoms with Crippen LogP contribution in [-0.4, -0.2) is 9.78 Å². The Bertz CT molecular complexity index is 496. The molecule has 0 fully saturated rings. The molecule has 0 aliphatic rings. The molecule has 0 unspecified atom stereocenters. The molecule has 3 nitrogen and oxygen atoms in total. The molecule has 0 spiro atoms. The van der Waals surface area contributed by atoms with Crippen LogP contribution in [0.1, 0.15) is 16.8 Å². The normalized spacial score (nSPS) is 10.2. The standard InChI is InChI=1S/C13H16FN3.ClH/c1-10-12(13(14)17(2)16-10)9-15-8-11-6-4-3-5-7-11;/h3-7,15H,8-9H2,1-2H3;1H. The van der Waals surface area contributed by atoms with E-state index in [1.165, 1.54) is 10.2 Å². The highest BCUT2D eigenvalue weighted by Crippen LogP contribution is 2.10. The molecule has 18 heavy (non-hydrogen) atoms. The van der Waals surface area contributed by atoms with Crippen LogP contribution >= 0.6 is 12.4 Å². The monoisotopic (exact) mass is 269 g/mol. The van der Waals surface area contributed by atoms with Gasteiger partial charge in [0.15, 0.2) is 0 Å². The maximum atomic E-state index is 13.6. The van der Waals surface area contributed by atoms with Gasteiger partial charge in [0.05, 0.1) is 5.69 Å². The highest BCUT2D eigenvalue weighted by atomic mass is 35.5. The van der Waals surface area contributed by atoms with E-state index in [9.17, 15) is 4.39 Å². The third-order valence-electron chi connectivity index (χ3n) is 2.74. The van der Waals surface area contributed by atoms with E-state index in [0.29, 0.717) is 12.1 Å². The molecule has 1 heterocycles. The van der Waals surface area contributed by atoms with Gasteiger partial charge in [-0.2, -0.15) is 9.49 Å². The first kappa shape index (κ1) is 14.7. The lowest BCUT2D eigenvalue weighted by Gasteiger charge is -2.04. The summed E-state index contributed by atoms with van der Waals surface area (Å²) in [6, 6.07) is 10.0. The van der Waals surface area contributed by atoms with Gasteiger partial charge >= 0.3 is 0 Å². The number of nitrogens with one attached hydrogen (secondary N) is 1. The smallest absolute Gasteiger partial charge is 0.215 e. The molecule has 0 amide bonds. The number of nitrogens with zero attached hydrogens (tertiary/aromatic N) is 2. The van der Waals surface area contributed by atoms with Gasteiger partial charge in [0.2, 0.25) is 5.95 Å². The summed E-state index contributed by atoms with van der Waals surface area (Å²) in [6.07, 6.45) is 0. The first-order valence-corrected chi connectivity index (χ1v) is 5.61. The lowest BCUT2D eigenvalue weighted by molar-refractivity contribution is 0.489. The summed E-state index contributed by atoms with van der Waals surface area (Å²) in [4.78, 5) is 0. The Labute approximate surface area is 112 Å². The molecule has 0 aliphatic carbocycles. The molecule has 0 bridgehead atoms. The molecule has 2 aromatic rings. The zero-order valence-electron chi connectivity index (χ0n) is 10.5. The Morgan fingerprint density at radius 2 is 1.89 bits per heavy atom. The molecule has 0 saturated heterocycles. The fraction of sp³-hybridized carbons (Fsp3) is 0.308. The van der Waals surface area contributed by atoms with Crippen LogP contribution in [0.4, 0.5) is 4.39 Å². The number of aromatic nitrogens is 2. The maximum Gasteiger partial charge on any atom is 0.215 e. The number of benzene rings is 1. The topological polar surface area (TPSA) is 29.9 Å². The van der Waals surface area contributed by atoms with Gasteiger partial charge < -0.3 is 5.32 Å². The van der Waals surface area contributed by atoms with Gasteiger partial charge in [0.25, 0.3) is 0 Å². The molecule has 0 saturated carbocycles. The van der Waals surface area contributed by atoms with E-state index in [1.807, 2.05) is 37.3 Å². The molecule has 1 aromatic carbocycles. The van der Waals surface area contributed by atoms with Crippen molar-refractivity contribution in [3.05, 3.63) is 53.1 Å². The van der Waals surface area contributed by atoms with E-state index in [4.69, 9.17) is 0 Å². The third kappa shape index (κ3) is 3.31. The number of hydrogen-bond donors (Lipinski definition) is 1. The van der Waals surface area contributed by atoms with Crippen LogP contribution in [0, 0.1) is 12.9 Å². The van der Waals surface area contributed by atoms with E-state index < -0.39 is 0 Å². The number of hydrogen-bond acceptors (Lipinski definition) is 2. The van der Waals surface area contributed by atoms with Crippen molar-refractivity contribution < 1.29 is 4.39 Å². The summed E-state index contributed by atoms with van der Waals surface area (Å²) in [5.41, 5.74) is 2.57. The van der Waals surface area contributed by atoms with Crippen LogP contribution in [0.15, 0.2) is 30.3 Å². The second-order valence-electron chi connectivity index (χ2n) is 4.07. The van der Waals surface area contributed by atoms with Crippen molar-refractivity contribution >= 4 is 12.4 Å². The summed E-state index contributed by atoms with van der Waals surface area (Å²) in [7, 11) is 1.61. The summed E-state index contributed by atoms with van der Waals surface area (Å²) < 4.78 is 14.9. The van der Waals surface area contributed by atoms with Gasteiger partial charge in [-0.15, -0.1) is 12.4 Å². The van der Waals surface area contributed by atoms with Crippen molar-refractivity contribution in [3.8, 4) is 0 Å². The molecule has 5 heteroatoms. The predicted octanol–water partition coefficient (Wildman–Crippen LogP) is 2.58. The number of rotatable bonds is 4. The molecule has 0 radical (unpaired) electrons. The van der Waals surface area contributed by atoms with Crippen LogP contribution in [0.3, 0.4) is 0 Å². The van der Waals surface area contributed by atoms with E-state index in [-0.39, 0.29) is 18.4 Å². The predicted molar refractivity (Wildman–Crippen MR) is 72.1 cm³/mol. The van der Waals surface area contributed by atoms with Crippen molar-refractivity contribution in [2.45, 2.75) is 20.0 Å². The molecular formula is C13H17ClFN3. The van der Waals surface area contributed by atoms with E-state index in [1.54, 1.807) is 7.05 Å². The second kappa shape index (κ2) is 6.52. The average Bonchev–Trinajstić information content (AvgIpc) is 2.57.